The van der Waals surface area contributed by atoms with E-state index in [0.717, 1.165) is 22.4 Å². The Morgan fingerprint density at radius 1 is 1.41 bits per heavy atom. The second kappa shape index (κ2) is 12.9. The molecule has 158 valence electrons. The van der Waals surface area contributed by atoms with Crippen molar-refractivity contribution in [3.8, 4) is 0 Å². The Hall–Kier alpha value is -2.51. The van der Waals surface area contributed by atoms with Crippen LogP contribution in [0, 0.1) is 0 Å². The van der Waals surface area contributed by atoms with Crippen molar-refractivity contribution in [2.24, 2.45) is 5.10 Å². The lowest BCUT2D eigenvalue weighted by Crippen LogP contribution is -2.24. The first-order valence-corrected chi connectivity index (χ1v) is 10.7. The average Bonchev–Trinajstić information content (AvgIpc) is 3.19. The summed E-state index contributed by atoms with van der Waals surface area (Å²) in [5.41, 5.74) is 1.66. The molecule has 2 heterocycles. The van der Waals surface area contributed by atoms with Crippen molar-refractivity contribution in [2.45, 2.75) is 47.6 Å². The Kier molecular flexibility index (Phi) is 10.9. The van der Waals surface area contributed by atoms with Gasteiger partial charge < -0.3 is 10.1 Å². The Morgan fingerprint density at radius 2 is 2.14 bits per heavy atom. The summed E-state index contributed by atoms with van der Waals surface area (Å²) in [6, 6.07) is 3.79. The summed E-state index contributed by atoms with van der Waals surface area (Å²) in [5, 5.41) is 9.92. The minimum absolute atomic E-state index is 0.0567. The Labute approximate surface area is 178 Å². The van der Waals surface area contributed by atoms with Crippen LogP contribution >= 0.6 is 11.3 Å². The van der Waals surface area contributed by atoms with Gasteiger partial charge in [-0.15, -0.1) is 11.3 Å². The van der Waals surface area contributed by atoms with Gasteiger partial charge in [0, 0.05) is 37.1 Å². The maximum absolute atomic E-state index is 13.2. The molecule has 2 aromatic heterocycles. The highest BCUT2D eigenvalue weighted by Crippen LogP contribution is 2.31. The molecule has 0 saturated carbocycles. The number of anilines is 1. The number of amides is 1. The van der Waals surface area contributed by atoms with E-state index in [1.165, 1.54) is 16.3 Å². The fourth-order valence-corrected chi connectivity index (χ4v) is 3.40. The van der Waals surface area contributed by atoms with Crippen LogP contribution in [0.5, 0.6) is 0 Å². The second-order valence-corrected chi connectivity index (χ2v) is 6.75. The third kappa shape index (κ3) is 6.51. The van der Waals surface area contributed by atoms with Gasteiger partial charge in [0.1, 0.15) is 4.83 Å². The number of carbonyl (C=O) groups excluding carboxylic acids is 1. The van der Waals surface area contributed by atoms with Gasteiger partial charge in [0.25, 0.3) is 5.91 Å². The summed E-state index contributed by atoms with van der Waals surface area (Å²) >= 11 is 1.36. The molecule has 1 unspecified atom stereocenters. The lowest BCUT2D eigenvalue weighted by atomic mass is 10.2. The topological polar surface area (TPSA) is 66.8 Å². The fourth-order valence-electron chi connectivity index (χ4n) is 2.45. The molecule has 0 aromatic carbocycles. The van der Waals surface area contributed by atoms with E-state index in [0.29, 0.717) is 10.6 Å². The van der Waals surface area contributed by atoms with Crippen molar-refractivity contribution < 1.29 is 9.53 Å². The lowest BCUT2D eigenvalue weighted by Gasteiger charge is -2.17. The largest absolute Gasteiger partial charge is 0.385 e. The monoisotopic (exact) mass is 416 g/mol. The number of hydrogen-bond acceptors (Lipinski definition) is 6. The maximum Gasteiger partial charge on any atom is 0.288 e. The Morgan fingerprint density at radius 3 is 2.72 bits per heavy atom. The Bertz CT molecular complexity index is 871. The zero-order chi connectivity index (χ0) is 21.8. The molecule has 0 aliphatic heterocycles. The van der Waals surface area contributed by atoms with E-state index in [4.69, 9.17) is 4.74 Å². The number of pyridine rings is 1. The third-order valence-electron chi connectivity index (χ3n) is 3.89. The summed E-state index contributed by atoms with van der Waals surface area (Å²) in [4.78, 5) is 19.0. The summed E-state index contributed by atoms with van der Waals surface area (Å²) in [6.07, 6.45) is 8.87. The van der Waals surface area contributed by atoms with E-state index in [1.54, 1.807) is 26.4 Å². The molecule has 1 atom stereocenters. The van der Waals surface area contributed by atoms with Crippen LogP contribution in [0.15, 0.2) is 47.4 Å². The highest BCUT2D eigenvalue weighted by atomic mass is 32.1. The lowest BCUT2D eigenvalue weighted by molar-refractivity contribution is 0.0819. The predicted octanol–water partition coefficient (Wildman–Crippen LogP) is 5.70. The van der Waals surface area contributed by atoms with E-state index in [9.17, 15) is 4.79 Å². The van der Waals surface area contributed by atoms with Crippen molar-refractivity contribution in [2.75, 3.05) is 19.0 Å². The number of nitrogens with zero attached hydrogens (tertiary/aromatic N) is 3. The fraction of sp³-hybridized carbons (Fsp3) is 0.409. The van der Waals surface area contributed by atoms with Gasteiger partial charge in [0.2, 0.25) is 0 Å². The molecular weight excluding hydrogens is 384 g/mol. The first-order valence-electron chi connectivity index (χ1n) is 9.88. The highest BCUT2D eigenvalue weighted by Gasteiger charge is 2.21. The van der Waals surface area contributed by atoms with Crippen molar-refractivity contribution >= 4 is 39.4 Å². The number of methoxy groups -OCH3 is 1. The molecule has 0 fully saturated rings. The number of allylic oxidation sites excluding steroid dienone is 2. The van der Waals surface area contributed by atoms with Gasteiger partial charge in [0.05, 0.1) is 16.7 Å². The number of hydrogen-bond donors (Lipinski definition) is 1. The van der Waals surface area contributed by atoms with Gasteiger partial charge in [-0.25, -0.2) is 4.98 Å². The molecule has 1 amide bonds. The van der Waals surface area contributed by atoms with Crippen molar-refractivity contribution in [3.63, 3.8) is 0 Å². The second-order valence-electron chi connectivity index (χ2n) is 5.72. The molecule has 29 heavy (non-hydrogen) atoms. The van der Waals surface area contributed by atoms with Gasteiger partial charge in [-0.1, -0.05) is 26.0 Å². The molecule has 6 nitrogen and oxygen atoms in total. The van der Waals surface area contributed by atoms with Crippen LogP contribution in [0.1, 0.15) is 51.2 Å². The standard InChI is InChI=1S/C20H26N4O2S.C2H6/c1-6-15(10-9-14(4)26-5)24(23-8-3)20(25)18-13-16-17(21-7-2)11-12-22-19(16)27-18;1-2/h6,8-14H,7H2,1-5H3,(H,21,22);1-2H3/b10-9-,15-6+,23-8-;. The number of rotatable bonds is 8. The van der Waals surface area contributed by atoms with Crippen LogP contribution in [0.3, 0.4) is 0 Å². The minimum Gasteiger partial charge on any atom is -0.385 e. The molecule has 0 radical (unpaired) electrons. The first kappa shape index (κ1) is 24.5. The number of nitrogens with one attached hydrogen (secondary N) is 1. The van der Waals surface area contributed by atoms with Gasteiger partial charge >= 0.3 is 0 Å². The summed E-state index contributed by atoms with van der Waals surface area (Å²) in [7, 11) is 1.64. The predicted molar refractivity (Wildman–Crippen MR) is 125 cm³/mol. The molecule has 7 heteroatoms. The van der Waals surface area contributed by atoms with E-state index < -0.39 is 0 Å². The third-order valence-corrected chi connectivity index (χ3v) is 4.92. The molecule has 2 aromatic rings. The molecule has 0 aliphatic carbocycles. The minimum atomic E-state index is -0.193. The summed E-state index contributed by atoms with van der Waals surface area (Å²) in [5.74, 6) is -0.193. The quantitative estimate of drug-likeness (QED) is 0.341. The van der Waals surface area contributed by atoms with Gasteiger partial charge in [-0.3, -0.25) is 4.79 Å². The van der Waals surface area contributed by atoms with Gasteiger partial charge in [-0.05, 0) is 45.9 Å². The summed E-state index contributed by atoms with van der Waals surface area (Å²) in [6.45, 7) is 12.4. The normalized spacial score (nSPS) is 12.9. The molecule has 0 aliphatic rings. The smallest absolute Gasteiger partial charge is 0.288 e. The van der Waals surface area contributed by atoms with Crippen LogP contribution in [0.2, 0.25) is 0 Å². The van der Waals surface area contributed by atoms with E-state index in [2.05, 4.69) is 15.4 Å². The number of carbonyl (C=O) groups is 1. The number of aromatic nitrogens is 1. The molecule has 1 N–H and O–H groups in total. The summed E-state index contributed by atoms with van der Waals surface area (Å²) < 4.78 is 5.24. The van der Waals surface area contributed by atoms with Gasteiger partial charge in [0.15, 0.2) is 0 Å². The first-order chi connectivity index (χ1) is 14.0. The average molecular weight is 417 g/mol. The Balaban J connectivity index is 0.00000204. The number of hydrazone groups is 1. The van der Waals surface area contributed by atoms with Gasteiger partial charge in [-0.2, -0.15) is 10.1 Å². The molecule has 0 bridgehead atoms. The van der Waals surface area contributed by atoms with Crippen LogP contribution in [0.25, 0.3) is 10.2 Å². The van der Waals surface area contributed by atoms with Crippen molar-refractivity contribution in [1.29, 1.82) is 0 Å². The van der Waals surface area contributed by atoms with Crippen molar-refractivity contribution in [3.05, 3.63) is 47.1 Å². The molecule has 0 spiro atoms. The molecular formula is C22H32N4O2S. The van der Waals surface area contributed by atoms with Crippen molar-refractivity contribution in [1.82, 2.24) is 9.99 Å². The number of ether oxygens (including phenoxy) is 1. The molecule has 2 rings (SSSR count). The van der Waals surface area contributed by atoms with E-state index in [-0.39, 0.29) is 12.0 Å². The van der Waals surface area contributed by atoms with E-state index >= 15 is 0 Å². The van der Waals surface area contributed by atoms with Crippen LogP contribution in [-0.4, -0.2) is 41.9 Å². The zero-order valence-corrected chi connectivity index (χ0v) is 19.2. The maximum atomic E-state index is 13.2. The van der Waals surface area contributed by atoms with E-state index in [1.807, 2.05) is 65.0 Å². The van der Waals surface area contributed by atoms with Crippen LogP contribution < -0.4 is 5.32 Å². The van der Waals surface area contributed by atoms with Crippen LogP contribution in [0.4, 0.5) is 5.69 Å². The highest BCUT2D eigenvalue weighted by molar-refractivity contribution is 7.20. The number of fused-ring (bicyclic) bond motifs is 1. The SMILES string of the molecule is C/C=N\N(C(=O)c1cc2c(NCC)ccnc2s1)C(/C=C\C(C)OC)=C/C.CC. The zero-order valence-electron chi connectivity index (χ0n) is 18.4. The number of thiophene rings is 1. The molecule has 0 saturated heterocycles. The van der Waals surface area contributed by atoms with Crippen LogP contribution in [-0.2, 0) is 4.74 Å².